The number of halogens is 2. The summed E-state index contributed by atoms with van der Waals surface area (Å²) in [6, 6.07) is 4.95. The van der Waals surface area contributed by atoms with Crippen LogP contribution in [0.2, 0.25) is 5.02 Å². The number of aryl methyl sites for hydroxylation is 1. The maximum atomic E-state index is 12.8. The molecule has 0 radical (unpaired) electrons. The molecular formula is C12H15ClFNO. The Bertz CT molecular complexity index is 353. The first-order valence-electron chi connectivity index (χ1n) is 5.51. The van der Waals surface area contributed by atoms with Crippen LogP contribution < -0.4 is 5.32 Å². The molecule has 1 aromatic rings. The third-order valence-corrected chi connectivity index (χ3v) is 3.13. The zero-order valence-corrected chi connectivity index (χ0v) is 9.77. The quantitative estimate of drug-likeness (QED) is 0.880. The summed E-state index contributed by atoms with van der Waals surface area (Å²) in [5.74, 6) is -0.284. The molecule has 4 heteroatoms. The molecule has 1 N–H and O–H groups in total. The van der Waals surface area contributed by atoms with Gasteiger partial charge in [0.1, 0.15) is 5.82 Å². The lowest BCUT2D eigenvalue weighted by molar-refractivity contribution is 0.0743. The molecule has 1 saturated heterocycles. The van der Waals surface area contributed by atoms with Crippen molar-refractivity contribution in [1.82, 2.24) is 5.32 Å². The summed E-state index contributed by atoms with van der Waals surface area (Å²) in [4.78, 5) is 0. The molecule has 1 fully saturated rings. The predicted octanol–water partition coefficient (Wildman–Crippen LogP) is 2.40. The summed E-state index contributed by atoms with van der Waals surface area (Å²) in [7, 11) is 0. The fourth-order valence-corrected chi connectivity index (χ4v) is 2.12. The highest BCUT2D eigenvalue weighted by atomic mass is 35.5. The van der Waals surface area contributed by atoms with Gasteiger partial charge in [0.25, 0.3) is 0 Å². The number of ether oxygens (including phenoxy) is 1. The molecular weight excluding hydrogens is 229 g/mol. The van der Waals surface area contributed by atoms with Crippen LogP contribution in [0.5, 0.6) is 0 Å². The van der Waals surface area contributed by atoms with E-state index in [1.807, 2.05) is 0 Å². The van der Waals surface area contributed by atoms with E-state index in [1.54, 1.807) is 6.07 Å². The summed E-state index contributed by atoms with van der Waals surface area (Å²) in [6.07, 6.45) is 1.81. The smallest absolute Gasteiger partial charge is 0.124 e. The fraction of sp³-hybridized carbons (Fsp3) is 0.500. The van der Waals surface area contributed by atoms with Crippen LogP contribution in [0.15, 0.2) is 18.2 Å². The van der Waals surface area contributed by atoms with Crippen molar-refractivity contribution in [2.75, 3.05) is 19.8 Å². The van der Waals surface area contributed by atoms with E-state index in [-0.39, 0.29) is 5.82 Å². The van der Waals surface area contributed by atoms with Gasteiger partial charge < -0.3 is 10.1 Å². The van der Waals surface area contributed by atoms with Crippen molar-refractivity contribution in [2.24, 2.45) is 0 Å². The van der Waals surface area contributed by atoms with E-state index in [4.69, 9.17) is 16.3 Å². The molecule has 0 bridgehead atoms. The second-order valence-corrected chi connectivity index (χ2v) is 4.41. The van der Waals surface area contributed by atoms with E-state index < -0.39 is 0 Å². The molecule has 2 rings (SSSR count). The normalized spacial score (nSPS) is 21.0. The minimum atomic E-state index is -0.284. The molecule has 1 heterocycles. The Morgan fingerprint density at radius 1 is 1.50 bits per heavy atom. The molecule has 1 atom stereocenters. The summed E-state index contributed by atoms with van der Waals surface area (Å²) in [5, 5.41) is 3.89. The van der Waals surface area contributed by atoms with Crippen LogP contribution in [0.1, 0.15) is 12.0 Å². The molecule has 0 amide bonds. The SMILES string of the molecule is Fc1ccc(CCC2COCCN2)c(Cl)c1. The highest BCUT2D eigenvalue weighted by molar-refractivity contribution is 6.31. The summed E-state index contributed by atoms with van der Waals surface area (Å²) in [5.41, 5.74) is 0.996. The molecule has 88 valence electrons. The van der Waals surface area contributed by atoms with Crippen molar-refractivity contribution in [1.29, 1.82) is 0 Å². The van der Waals surface area contributed by atoms with Gasteiger partial charge in [0, 0.05) is 17.6 Å². The fourth-order valence-electron chi connectivity index (χ4n) is 1.86. The third-order valence-electron chi connectivity index (χ3n) is 2.78. The van der Waals surface area contributed by atoms with Gasteiger partial charge >= 0.3 is 0 Å². The summed E-state index contributed by atoms with van der Waals surface area (Å²) in [6.45, 7) is 2.44. The van der Waals surface area contributed by atoms with Crippen LogP contribution >= 0.6 is 11.6 Å². The van der Waals surface area contributed by atoms with Gasteiger partial charge in [0.05, 0.1) is 13.2 Å². The van der Waals surface area contributed by atoms with Crippen LogP contribution in [0.4, 0.5) is 4.39 Å². The lowest BCUT2D eigenvalue weighted by Crippen LogP contribution is -2.41. The first kappa shape index (κ1) is 11.8. The Balaban J connectivity index is 1.88. The zero-order valence-electron chi connectivity index (χ0n) is 9.01. The number of benzene rings is 1. The van der Waals surface area contributed by atoms with E-state index in [1.165, 1.54) is 12.1 Å². The Labute approximate surface area is 99.7 Å². The van der Waals surface area contributed by atoms with Crippen LogP contribution in [-0.2, 0) is 11.2 Å². The first-order valence-corrected chi connectivity index (χ1v) is 5.88. The van der Waals surface area contributed by atoms with Crippen molar-refractivity contribution in [3.8, 4) is 0 Å². The molecule has 16 heavy (non-hydrogen) atoms. The Morgan fingerprint density at radius 3 is 3.06 bits per heavy atom. The van der Waals surface area contributed by atoms with E-state index in [2.05, 4.69) is 5.32 Å². The van der Waals surface area contributed by atoms with Crippen LogP contribution in [-0.4, -0.2) is 25.8 Å². The minimum Gasteiger partial charge on any atom is -0.379 e. The number of rotatable bonds is 3. The Kier molecular flexibility index (Phi) is 4.16. The highest BCUT2D eigenvalue weighted by Gasteiger charge is 2.13. The van der Waals surface area contributed by atoms with E-state index >= 15 is 0 Å². The van der Waals surface area contributed by atoms with Crippen molar-refractivity contribution >= 4 is 11.6 Å². The molecule has 2 nitrogen and oxygen atoms in total. The monoisotopic (exact) mass is 243 g/mol. The molecule has 1 unspecified atom stereocenters. The zero-order chi connectivity index (χ0) is 11.4. The van der Waals surface area contributed by atoms with Crippen LogP contribution in [0, 0.1) is 5.82 Å². The number of morpholine rings is 1. The average Bonchev–Trinajstić information content (AvgIpc) is 2.29. The van der Waals surface area contributed by atoms with Gasteiger partial charge in [-0.3, -0.25) is 0 Å². The average molecular weight is 244 g/mol. The number of hydrogen-bond donors (Lipinski definition) is 1. The van der Waals surface area contributed by atoms with Gasteiger partial charge in [-0.25, -0.2) is 4.39 Å². The van der Waals surface area contributed by atoms with Crippen LogP contribution in [0.3, 0.4) is 0 Å². The Hall–Kier alpha value is -0.640. The second-order valence-electron chi connectivity index (χ2n) is 4.00. The number of nitrogens with one attached hydrogen (secondary N) is 1. The third kappa shape index (κ3) is 3.17. The first-order chi connectivity index (χ1) is 7.75. The van der Waals surface area contributed by atoms with E-state index in [0.717, 1.165) is 38.2 Å². The van der Waals surface area contributed by atoms with Crippen LogP contribution in [0.25, 0.3) is 0 Å². The van der Waals surface area contributed by atoms with Gasteiger partial charge in [0.2, 0.25) is 0 Å². The molecule has 0 aromatic heterocycles. The molecule has 1 aliphatic heterocycles. The minimum absolute atomic E-state index is 0.284. The van der Waals surface area contributed by atoms with Crippen molar-refractivity contribution < 1.29 is 9.13 Å². The lowest BCUT2D eigenvalue weighted by atomic mass is 10.0. The highest BCUT2D eigenvalue weighted by Crippen LogP contribution is 2.19. The largest absolute Gasteiger partial charge is 0.379 e. The van der Waals surface area contributed by atoms with Gasteiger partial charge in [-0.1, -0.05) is 17.7 Å². The van der Waals surface area contributed by atoms with Gasteiger partial charge in [0.15, 0.2) is 0 Å². The maximum absolute atomic E-state index is 12.8. The standard InChI is InChI=1S/C12H15ClFNO/c13-12-7-10(14)3-1-9(12)2-4-11-8-16-6-5-15-11/h1,3,7,11,15H,2,4-6,8H2. The molecule has 1 aromatic carbocycles. The van der Waals surface area contributed by atoms with Crippen molar-refractivity contribution in [2.45, 2.75) is 18.9 Å². The summed E-state index contributed by atoms with van der Waals surface area (Å²) < 4.78 is 18.2. The van der Waals surface area contributed by atoms with Crippen molar-refractivity contribution in [3.63, 3.8) is 0 Å². The summed E-state index contributed by atoms with van der Waals surface area (Å²) >= 11 is 5.96. The lowest BCUT2D eigenvalue weighted by Gasteiger charge is -2.23. The second kappa shape index (κ2) is 5.62. The molecule has 0 aliphatic carbocycles. The Morgan fingerprint density at radius 2 is 2.38 bits per heavy atom. The predicted molar refractivity (Wildman–Crippen MR) is 62.3 cm³/mol. The van der Waals surface area contributed by atoms with Gasteiger partial charge in [-0.05, 0) is 30.5 Å². The number of hydrogen-bond acceptors (Lipinski definition) is 2. The van der Waals surface area contributed by atoms with Gasteiger partial charge in [-0.2, -0.15) is 0 Å². The van der Waals surface area contributed by atoms with E-state index in [0.29, 0.717) is 11.1 Å². The topological polar surface area (TPSA) is 21.3 Å². The van der Waals surface area contributed by atoms with E-state index in [9.17, 15) is 4.39 Å². The molecule has 0 saturated carbocycles. The molecule has 1 aliphatic rings. The van der Waals surface area contributed by atoms with Gasteiger partial charge in [-0.15, -0.1) is 0 Å². The molecule has 0 spiro atoms. The maximum Gasteiger partial charge on any atom is 0.124 e. The van der Waals surface area contributed by atoms with Crippen molar-refractivity contribution in [3.05, 3.63) is 34.6 Å².